The Bertz CT molecular complexity index is 770. The summed E-state index contributed by atoms with van der Waals surface area (Å²) >= 11 is 0. The first kappa shape index (κ1) is 14.4. The third-order valence-corrected chi connectivity index (χ3v) is 4.92. The second-order valence-corrected chi connectivity index (χ2v) is 6.51. The highest BCUT2D eigenvalue weighted by Crippen LogP contribution is 2.24. The van der Waals surface area contributed by atoms with Crippen LogP contribution in [0, 0.1) is 0 Å². The average Bonchev–Trinajstić information content (AvgIpc) is 3.02. The molecule has 118 valence electrons. The lowest BCUT2D eigenvalue weighted by molar-refractivity contribution is 0.0696. The number of rotatable bonds is 3. The number of nitrogens with zero attached hydrogens (tertiary/aromatic N) is 2. The summed E-state index contributed by atoms with van der Waals surface area (Å²) in [5.74, 6) is -0.856. The van der Waals surface area contributed by atoms with Crippen LogP contribution in [0.1, 0.15) is 44.9 Å². The van der Waals surface area contributed by atoms with Gasteiger partial charge in [0.2, 0.25) is 0 Å². The summed E-state index contributed by atoms with van der Waals surface area (Å²) in [6.07, 6.45) is 4.46. The molecule has 2 aromatic rings. The normalized spacial score (nSPS) is 16.9. The minimum atomic E-state index is -0.856. The van der Waals surface area contributed by atoms with E-state index < -0.39 is 5.97 Å². The van der Waals surface area contributed by atoms with Crippen LogP contribution in [0.25, 0.3) is 0 Å². The minimum absolute atomic E-state index is 0.376. The Morgan fingerprint density at radius 1 is 1.09 bits per heavy atom. The van der Waals surface area contributed by atoms with E-state index in [-0.39, 0.29) is 0 Å². The number of aryl methyl sites for hydroxylation is 2. The third kappa shape index (κ3) is 2.86. The summed E-state index contributed by atoms with van der Waals surface area (Å²) in [6, 6.07) is 9.86. The van der Waals surface area contributed by atoms with Gasteiger partial charge in [0.05, 0.1) is 11.3 Å². The lowest BCUT2D eigenvalue weighted by Crippen LogP contribution is -2.30. The first-order valence-electron chi connectivity index (χ1n) is 8.24. The maximum absolute atomic E-state index is 11.1. The van der Waals surface area contributed by atoms with Crippen molar-refractivity contribution >= 4 is 5.97 Å². The van der Waals surface area contributed by atoms with Gasteiger partial charge in [-0.3, -0.25) is 9.88 Å². The van der Waals surface area contributed by atoms with Crippen LogP contribution in [0.3, 0.4) is 0 Å². The largest absolute Gasteiger partial charge is 0.478 e. The van der Waals surface area contributed by atoms with Gasteiger partial charge in [-0.1, -0.05) is 12.1 Å². The summed E-state index contributed by atoms with van der Waals surface area (Å²) in [7, 11) is 0. The zero-order valence-electron chi connectivity index (χ0n) is 13.1. The topological polar surface area (TPSA) is 53.4 Å². The quantitative estimate of drug-likeness (QED) is 0.947. The molecule has 1 aromatic carbocycles. The molecule has 1 N–H and O–H groups in total. The fraction of sp³-hybridized carbons (Fsp3) is 0.368. The highest BCUT2D eigenvalue weighted by atomic mass is 16.4. The van der Waals surface area contributed by atoms with E-state index in [0.29, 0.717) is 5.56 Å². The van der Waals surface area contributed by atoms with Gasteiger partial charge in [0.15, 0.2) is 0 Å². The van der Waals surface area contributed by atoms with Crippen molar-refractivity contribution in [2.45, 2.75) is 38.8 Å². The summed E-state index contributed by atoms with van der Waals surface area (Å²) in [5.41, 5.74) is 6.59. The Morgan fingerprint density at radius 3 is 2.83 bits per heavy atom. The first-order chi connectivity index (χ1) is 11.2. The Hall–Kier alpha value is -2.20. The van der Waals surface area contributed by atoms with E-state index >= 15 is 0 Å². The van der Waals surface area contributed by atoms with Crippen molar-refractivity contribution < 1.29 is 9.90 Å². The van der Waals surface area contributed by atoms with Gasteiger partial charge in [-0.05, 0) is 60.6 Å². The molecule has 0 atom stereocenters. The van der Waals surface area contributed by atoms with Crippen LogP contribution in [0.4, 0.5) is 0 Å². The van der Waals surface area contributed by atoms with Gasteiger partial charge in [-0.2, -0.15) is 0 Å². The number of hydrogen-bond donors (Lipinski definition) is 1. The molecule has 4 nitrogen and oxygen atoms in total. The second kappa shape index (κ2) is 5.78. The monoisotopic (exact) mass is 308 g/mol. The van der Waals surface area contributed by atoms with Gasteiger partial charge in [0.25, 0.3) is 0 Å². The predicted molar refractivity (Wildman–Crippen MR) is 87.5 cm³/mol. The van der Waals surface area contributed by atoms with Gasteiger partial charge in [-0.25, -0.2) is 4.79 Å². The molecule has 1 aliphatic carbocycles. The molecule has 23 heavy (non-hydrogen) atoms. The molecule has 0 fully saturated rings. The van der Waals surface area contributed by atoms with Crippen molar-refractivity contribution in [1.29, 1.82) is 0 Å². The van der Waals surface area contributed by atoms with Crippen LogP contribution in [-0.2, 0) is 32.4 Å². The third-order valence-electron chi connectivity index (χ3n) is 4.92. The van der Waals surface area contributed by atoms with Crippen LogP contribution < -0.4 is 0 Å². The maximum atomic E-state index is 11.1. The zero-order chi connectivity index (χ0) is 15.8. The molecule has 0 amide bonds. The predicted octanol–water partition coefficient (Wildman–Crippen LogP) is 2.83. The van der Waals surface area contributed by atoms with Crippen molar-refractivity contribution in [2.24, 2.45) is 0 Å². The number of carboxylic acids is 1. The van der Waals surface area contributed by atoms with E-state index in [9.17, 15) is 4.79 Å². The first-order valence-corrected chi connectivity index (χ1v) is 8.24. The Balaban J connectivity index is 1.51. The van der Waals surface area contributed by atoms with E-state index in [1.807, 2.05) is 12.1 Å². The number of fused-ring (bicyclic) bond motifs is 2. The van der Waals surface area contributed by atoms with Crippen molar-refractivity contribution in [3.8, 4) is 0 Å². The Kier molecular flexibility index (Phi) is 3.62. The van der Waals surface area contributed by atoms with Crippen molar-refractivity contribution in [1.82, 2.24) is 9.88 Å². The fourth-order valence-electron chi connectivity index (χ4n) is 3.67. The molecule has 4 rings (SSSR count). The molecule has 1 aromatic heterocycles. The van der Waals surface area contributed by atoms with E-state index in [1.165, 1.54) is 23.2 Å². The minimum Gasteiger partial charge on any atom is -0.478 e. The fourth-order valence-corrected chi connectivity index (χ4v) is 3.67. The number of carbonyl (C=O) groups is 1. The van der Waals surface area contributed by atoms with Crippen LogP contribution >= 0.6 is 0 Å². The van der Waals surface area contributed by atoms with E-state index in [1.54, 1.807) is 6.07 Å². The molecular formula is C19H20N2O2. The van der Waals surface area contributed by atoms with Crippen molar-refractivity contribution in [3.63, 3.8) is 0 Å². The van der Waals surface area contributed by atoms with Crippen LogP contribution in [0.5, 0.6) is 0 Å². The molecular weight excluding hydrogens is 288 g/mol. The highest BCUT2D eigenvalue weighted by molar-refractivity contribution is 5.87. The van der Waals surface area contributed by atoms with E-state index in [2.05, 4.69) is 17.0 Å². The smallest absolute Gasteiger partial charge is 0.335 e. The molecule has 2 aliphatic rings. The zero-order valence-corrected chi connectivity index (χ0v) is 13.1. The molecule has 0 saturated carbocycles. The number of hydrogen-bond acceptors (Lipinski definition) is 3. The number of aromatic nitrogens is 1. The molecule has 0 unspecified atom stereocenters. The lowest BCUT2D eigenvalue weighted by Gasteiger charge is -2.28. The standard InChI is InChI=1S/C19H20N2O2/c22-19(23)15-5-4-13-8-9-21(11-16(13)10-15)12-17-7-6-14-2-1-3-18(14)20-17/h4-7,10H,1-3,8-9,11-12H2,(H,22,23). The van der Waals surface area contributed by atoms with Gasteiger partial charge >= 0.3 is 5.97 Å². The number of pyridine rings is 1. The van der Waals surface area contributed by atoms with Crippen LogP contribution in [0.15, 0.2) is 30.3 Å². The highest BCUT2D eigenvalue weighted by Gasteiger charge is 2.19. The van der Waals surface area contributed by atoms with Crippen molar-refractivity contribution in [2.75, 3.05) is 6.54 Å². The number of aromatic carboxylic acids is 1. The van der Waals surface area contributed by atoms with Gasteiger partial charge in [0, 0.05) is 25.3 Å². The SMILES string of the molecule is O=C(O)c1ccc2c(c1)CN(Cc1ccc3c(n1)CCC3)CC2. The molecule has 1 aliphatic heterocycles. The molecule has 2 heterocycles. The molecule has 0 spiro atoms. The van der Waals surface area contributed by atoms with Crippen LogP contribution in [0.2, 0.25) is 0 Å². The van der Waals surface area contributed by atoms with Gasteiger partial charge < -0.3 is 5.11 Å². The summed E-state index contributed by atoms with van der Waals surface area (Å²) < 4.78 is 0. The van der Waals surface area contributed by atoms with Crippen molar-refractivity contribution in [3.05, 3.63) is 64.0 Å². The summed E-state index contributed by atoms with van der Waals surface area (Å²) in [5, 5.41) is 9.15. The van der Waals surface area contributed by atoms with E-state index in [0.717, 1.165) is 50.2 Å². The Morgan fingerprint density at radius 2 is 1.96 bits per heavy atom. The number of carboxylic acid groups (broad SMARTS) is 1. The lowest BCUT2D eigenvalue weighted by atomic mass is 9.97. The summed E-state index contributed by atoms with van der Waals surface area (Å²) in [6.45, 7) is 2.64. The maximum Gasteiger partial charge on any atom is 0.335 e. The molecule has 0 saturated heterocycles. The molecule has 4 heteroatoms. The molecule has 0 bridgehead atoms. The van der Waals surface area contributed by atoms with Gasteiger partial charge in [0.1, 0.15) is 0 Å². The van der Waals surface area contributed by atoms with Gasteiger partial charge in [-0.15, -0.1) is 0 Å². The second-order valence-electron chi connectivity index (χ2n) is 6.51. The average molecular weight is 308 g/mol. The van der Waals surface area contributed by atoms with E-state index in [4.69, 9.17) is 10.1 Å². The van der Waals surface area contributed by atoms with Crippen LogP contribution in [-0.4, -0.2) is 27.5 Å². The number of benzene rings is 1. The Labute approximate surface area is 135 Å². The molecule has 0 radical (unpaired) electrons. The summed E-state index contributed by atoms with van der Waals surface area (Å²) in [4.78, 5) is 18.3.